The molecule has 30 heavy (non-hydrogen) atoms. The van der Waals surface area contributed by atoms with Crippen molar-refractivity contribution in [2.45, 2.75) is 25.0 Å². The number of H-pyrrole nitrogens is 1. The SMILES string of the molecule is O=C(CCCc1c[nH]c2ccccc12)N1CCN(S(=O)(=O)Cc2ccccc2)CC1. The lowest BCUT2D eigenvalue weighted by molar-refractivity contribution is -0.132. The van der Waals surface area contributed by atoms with Crippen LogP contribution in [0.1, 0.15) is 24.0 Å². The molecule has 2 heterocycles. The van der Waals surface area contributed by atoms with Crippen LogP contribution < -0.4 is 0 Å². The van der Waals surface area contributed by atoms with E-state index >= 15 is 0 Å². The number of aromatic nitrogens is 1. The van der Waals surface area contributed by atoms with E-state index in [0.29, 0.717) is 32.6 Å². The van der Waals surface area contributed by atoms with Crippen molar-refractivity contribution in [3.05, 3.63) is 71.9 Å². The fourth-order valence-electron chi connectivity index (χ4n) is 4.02. The number of carbonyl (C=O) groups is 1. The molecule has 1 fully saturated rings. The van der Waals surface area contributed by atoms with Crippen molar-refractivity contribution in [3.63, 3.8) is 0 Å². The maximum atomic E-state index is 12.7. The lowest BCUT2D eigenvalue weighted by atomic mass is 10.1. The van der Waals surface area contributed by atoms with Gasteiger partial charge in [0.25, 0.3) is 0 Å². The molecular formula is C23H27N3O3S. The number of para-hydroxylation sites is 1. The number of fused-ring (bicyclic) bond motifs is 1. The Balaban J connectivity index is 1.25. The van der Waals surface area contributed by atoms with Gasteiger partial charge in [0.15, 0.2) is 0 Å². The normalized spacial score (nSPS) is 15.5. The van der Waals surface area contributed by atoms with Crippen molar-refractivity contribution < 1.29 is 13.2 Å². The van der Waals surface area contributed by atoms with Gasteiger partial charge < -0.3 is 9.88 Å². The molecule has 6 nitrogen and oxygen atoms in total. The summed E-state index contributed by atoms with van der Waals surface area (Å²) in [5.41, 5.74) is 3.13. The maximum absolute atomic E-state index is 12.7. The van der Waals surface area contributed by atoms with Gasteiger partial charge in [-0.3, -0.25) is 4.79 Å². The first-order valence-electron chi connectivity index (χ1n) is 10.4. The van der Waals surface area contributed by atoms with Crippen LogP contribution in [-0.4, -0.2) is 54.7 Å². The topological polar surface area (TPSA) is 73.5 Å². The Morgan fingerprint density at radius 1 is 0.933 bits per heavy atom. The second kappa shape index (κ2) is 9.02. The average Bonchev–Trinajstić information content (AvgIpc) is 3.17. The van der Waals surface area contributed by atoms with E-state index in [-0.39, 0.29) is 11.7 Å². The molecule has 1 amide bonds. The van der Waals surface area contributed by atoms with Gasteiger partial charge in [0, 0.05) is 49.7 Å². The summed E-state index contributed by atoms with van der Waals surface area (Å²) in [5.74, 6) is 0.113. The van der Waals surface area contributed by atoms with Gasteiger partial charge in [0.05, 0.1) is 5.75 Å². The Bertz CT molecular complexity index is 1100. The minimum Gasteiger partial charge on any atom is -0.361 e. The molecule has 0 unspecified atom stereocenters. The first-order valence-corrected chi connectivity index (χ1v) is 12.0. The fourth-order valence-corrected chi connectivity index (χ4v) is 5.53. The third kappa shape index (κ3) is 4.74. The zero-order valence-corrected chi connectivity index (χ0v) is 17.8. The summed E-state index contributed by atoms with van der Waals surface area (Å²) in [6, 6.07) is 17.4. The highest BCUT2D eigenvalue weighted by atomic mass is 32.2. The molecule has 1 aliphatic rings. The molecule has 1 aromatic heterocycles. The molecule has 3 aromatic rings. The van der Waals surface area contributed by atoms with Crippen LogP contribution in [0.4, 0.5) is 0 Å². The van der Waals surface area contributed by atoms with Crippen LogP contribution in [0, 0.1) is 0 Å². The molecule has 0 saturated carbocycles. The number of benzene rings is 2. The highest BCUT2D eigenvalue weighted by Crippen LogP contribution is 2.20. The van der Waals surface area contributed by atoms with Crippen LogP contribution >= 0.6 is 0 Å². The van der Waals surface area contributed by atoms with Gasteiger partial charge in [0.1, 0.15) is 0 Å². The third-order valence-corrected chi connectivity index (χ3v) is 7.54. The largest absolute Gasteiger partial charge is 0.361 e. The van der Waals surface area contributed by atoms with E-state index in [1.54, 1.807) is 4.90 Å². The lowest BCUT2D eigenvalue weighted by Crippen LogP contribution is -2.50. The van der Waals surface area contributed by atoms with Gasteiger partial charge in [-0.25, -0.2) is 8.42 Å². The number of nitrogens with one attached hydrogen (secondary N) is 1. The summed E-state index contributed by atoms with van der Waals surface area (Å²) in [6.07, 6.45) is 4.14. The van der Waals surface area contributed by atoms with Crippen molar-refractivity contribution in [1.29, 1.82) is 0 Å². The summed E-state index contributed by atoms with van der Waals surface area (Å²) < 4.78 is 26.8. The maximum Gasteiger partial charge on any atom is 0.222 e. The van der Waals surface area contributed by atoms with Crippen LogP contribution in [0.2, 0.25) is 0 Å². The Morgan fingerprint density at radius 3 is 2.40 bits per heavy atom. The summed E-state index contributed by atoms with van der Waals surface area (Å²) in [6.45, 7) is 1.65. The molecule has 1 aliphatic heterocycles. The molecule has 0 spiro atoms. The van der Waals surface area contributed by atoms with E-state index in [1.807, 2.05) is 48.7 Å². The number of rotatable bonds is 7. The number of aryl methyl sites for hydroxylation is 1. The van der Waals surface area contributed by atoms with E-state index in [1.165, 1.54) is 15.3 Å². The Labute approximate surface area is 177 Å². The number of amides is 1. The summed E-state index contributed by atoms with van der Waals surface area (Å²) in [5, 5.41) is 1.21. The first kappa shape index (κ1) is 20.6. The third-order valence-electron chi connectivity index (χ3n) is 5.69. The Morgan fingerprint density at radius 2 is 1.63 bits per heavy atom. The minimum atomic E-state index is -3.36. The lowest BCUT2D eigenvalue weighted by Gasteiger charge is -2.34. The summed E-state index contributed by atoms with van der Waals surface area (Å²) in [7, 11) is -3.36. The first-order chi connectivity index (χ1) is 14.5. The van der Waals surface area contributed by atoms with Crippen molar-refractivity contribution in [1.82, 2.24) is 14.2 Å². The van der Waals surface area contributed by atoms with Crippen molar-refractivity contribution in [2.75, 3.05) is 26.2 Å². The van der Waals surface area contributed by atoms with Gasteiger partial charge in [-0.15, -0.1) is 0 Å². The predicted molar refractivity (Wildman–Crippen MR) is 118 cm³/mol. The molecule has 0 bridgehead atoms. The molecule has 1 N–H and O–H groups in total. The summed E-state index contributed by atoms with van der Waals surface area (Å²) >= 11 is 0. The number of hydrogen-bond donors (Lipinski definition) is 1. The van der Waals surface area contributed by atoms with Gasteiger partial charge in [-0.1, -0.05) is 48.5 Å². The zero-order valence-electron chi connectivity index (χ0n) is 17.0. The van der Waals surface area contributed by atoms with Crippen LogP contribution in [0.25, 0.3) is 10.9 Å². The van der Waals surface area contributed by atoms with E-state index in [4.69, 9.17) is 0 Å². The Hall–Kier alpha value is -2.64. The number of carbonyl (C=O) groups excluding carboxylic acids is 1. The average molecular weight is 426 g/mol. The fraction of sp³-hybridized carbons (Fsp3) is 0.348. The van der Waals surface area contributed by atoms with E-state index in [2.05, 4.69) is 17.1 Å². The van der Waals surface area contributed by atoms with Crippen LogP contribution in [-0.2, 0) is 27.0 Å². The van der Waals surface area contributed by atoms with Crippen molar-refractivity contribution in [2.24, 2.45) is 0 Å². The predicted octanol–water partition coefficient (Wildman–Crippen LogP) is 3.16. The Kier molecular flexibility index (Phi) is 6.20. The van der Waals surface area contributed by atoms with Gasteiger partial charge in [-0.2, -0.15) is 4.31 Å². The van der Waals surface area contributed by atoms with Gasteiger partial charge >= 0.3 is 0 Å². The van der Waals surface area contributed by atoms with E-state index in [9.17, 15) is 13.2 Å². The molecule has 0 aliphatic carbocycles. The molecule has 158 valence electrons. The van der Waals surface area contributed by atoms with E-state index < -0.39 is 10.0 Å². The molecule has 2 aromatic carbocycles. The quantitative estimate of drug-likeness (QED) is 0.632. The number of aromatic amines is 1. The molecule has 0 atom stereocenters. The molecule has 4 rings (SSSR count). The second-order valence-electron chi connectivity index (χ2n) is 7.73. The second-order valence-corrected chi connectivity index (χ2v) is 9.70. The number of nitrogens with zero attached hydrogens (tertiary/aromatic N) is 2. The minimum absolute atomic E-state index is 0.00636. The number of hydrogen-bond acceptors (Lipinski definition) is 3. The van der Waals surface area contributed by atoms with Crippen molar-refractivity contribution >= 4 is 26.8 Å². The van der Waals surface area contributed by atoms with Crippen molar-refractivity contribution in [3.8, 4) is 0 Å². The molecular weight excluding hydrogens is 398 g/mol. The summed E-state index contributed by atoms with van der Waals surface area (Å²) in [4.78, 5) is 17.7. The number of piperazine rings is 1. The van der Waals surface area contributed by atoms with Crippen LogP contribution in [0.5, 0.6) is 0 Å². The zero-order chi connectivity index (χ0) is 21.0. The monoisotopic (exact) mass is 425 g/mol. The highest BCUT2D eigenvalue weighted by molar-refractivity contribution is 7.88. The smallest absolute Gasteiger partial charge is 0.222 e. The van der Waals surface area contributed by atoms with Gasteiger partial charge in [0.2, 0.25) is 15.9 Å². The number of sulfonamides is 1. The standard InChI is InChI=1S/C23H27N3O3S/c27-23(12-6-9-20-17-24-22-11-5-4-10-21(20)22)25-13-15-26(16-14-25)30(28,29)18-19-7-2-1-3-8-19/h1-5,7-8,10-11,17,24H,6,9,12-16,18H2. The van der Waals surface area contributed by atoms with Crippen LogP contribution in [0.15, 0.2) is 60.8 Å². The highest BCUT2D eigenvalue weighted by Gasteiger charge is 2.28. The molecule has 0 radical (unpaired) electrons. The van der Waals surface area contributed by atoms with Crippen LogP contribution in [0.3, 0.4) is 0 Å². The molecule has 1 saturated heterocycles. The van der Waals surface area contributed by atoms with Gasteiger partial charge in [-0.05, 0) is 30.0 Å². The molecule has 7 heteroatoms. The van der Waals surface area contributed by atoms with E-state index in [0.717, 1.165) is 23.9 Å².